The van der Waals surface area contributed by atoms with Crippen molar-refractivity contribution in [3.8, 4) is 5.75 Å². The van der Waals surface area contributed by atoms with Gasteiger partial charge in [-0.1, -0.05) is 6.07 Å². The largest absolute Gasteiger partial charge is 0.488 e. The molecule has 0 spiro atoms. The first-order valence-corrected chi connectivity index (χ1v) is 7.12. The minimum Gasteiger partial charge on any atom is -0.488 e. The van der Waals surface area contributed by atoms with E-state index in [1.165, 1.54) is 0 Å². The maximum absolute atomic E-state index is 6.05. The first kappa shape index (κ1) is 13.3. The highest BCUT2D eigenvalue weighted by Gasteiger charge is 2.42. The second-order valence-corrected chi connectivity index (χ2v) is 5.07. The Morgan fingerprint density at radius 3 is 3.05 bits per heavy atom. The fourth-order valence-electron chi connectivity index (χ4n) is 2.69. The summed E-state index contributed by atoms with van der Waals surface area (Å²) in [7, 11) is 1.97. The predicted molar refractivity (Wildman–Crippen MR) is 79.0 cm³/mol. The zero-order valence-electron chi connectivity index (χ0n) is 11.9. The molecule has 0 radical (unpaired) electrons. The highest BCUT2D eigenvalue weighted by Crippen LogP contribution is 2.30. The van der Waals surface area contributed by atoms with E-state index in [4.69, 9.17) is 9.47 Å². The van der Waals surface area contributed by atoms with Gasteiger partial charge in [0.05, 0.1) is 5.52 Å². The van der Waals surface area contributed by atoms with E-state index < -0.39 is 0 Å². The Balaban J connectivity index is 1.73. The lowest BCUT2D eigenvalue weighted by atomic mass is 9.85. The average Bonchev–Trinajstić information content (AvgIpc) is 2.48. The number of pyridine rings is 1. The molecule has 1 heterocycles. The molecule has 1 aromatic heterocycles. The number of aromatic nitrogens is 1. The molecule has 3 rings (SSSR count). The van der Waals surface area contributed by atoms with Gasteiger partial charge in [0, 0.05) is 36.7 Å². The van der Waals surface area contributed by atoms with Gasteiger partial charge in [-0.2, -0.15) is 0 Å². The smallest absolute Gasteiger partial charge is 0.128 e. The first-order chi connectivity index (χ1) is 9.81. The summed E-state index contributed by atoms with van der Waals surface area (Å²) in [5.41, 5.74) is 0.961. The molecule has 1 aliphatic rings. The second kappa shape index (κ2) is 5.77. The SMILES string of the molecule is CCOC1C(NC)CC1Oc1ccc2cccnc2c1. The van der Waals surface area contributed by atoms with Crippen LogP contribution in [0, 0.1) is 0 Å². The van der Waals surface area contributed by atoms with Gasteiger partial charge >= 0.3 is 0 Å². The van der Waals surface area contributed by atoms with Crippen molar-refractivity contribution in [3.63, 3.8) is 0 Å². The number of ether oxygens (including phenoxy) is 2. The number of rotatable bonds is 5. The minimum atomic E-state index is 0.119. The molecule has 1 saturated carbocycles. The number of likely N-dealkylation sites (N-methyl/N-ethyl adjacent to an activating group) is 1. The average molecular weight is 272 g/mol. The molecule has 4 heteroatoms. The lowest BCUT2D eigenvalue weighted by molar-refractivity contribution is -0.103. The number of benzene rings is 1. The fraction of sp³-hybridized carbons (Fsp3) is 0.438. The molecular formula is C16H20N2O2. The number of nitrogens with zero attached hydrogens (tertiary/aromatic N) is 1. The predicted octanol–water partition coefficient (Wildman–Crippen LogP) is 2.38. The molecule has 1 N–H and O–H groups in total. The summed E-state index contributed by atoms with van der Waals surface area (Å²) in [5.74, 6) is 0.862. The molecule has 2 aromatic rings. The Hall–Kier alpha value is -1.65. The summed E-state index contributed by atoms with van der Waals surface area (Å²) >= 11 is 0. The van der Waals surface area contributed by atoms with Crippen LogP contribution in [0.2, 0.25) is 0 Å². The van der Waals surface area contributed by atoms with Gasteiger partial charge < -0.3 is 14.8 Å². The highest BCUT2D eigenvalue weighted by molar-refractivity contribution is 5.79. The maximum atomic E-state index is 6.05. The van der Waals surface area contributed by atoms with Gasteiger partial charge in [0.1, 0.15) is 18.0 Å². The van der Waals surface area contributed by atoms with Crippen LogP contribution in [-0.4, -0.2) is 36.9 Å². The van der Waals surface area contributed by atoms with E-state index >= 15 is 0 Å². The molecule has 1 aliphatic carbocycles. The van der Waals surface area contributed by atoms with Crippen LogP contribution in [-0.2, 0) is 4.74 Å². The molecule has 3 unspecified atom stereocenters. The van der Waals surface area contributed by atoms with E-state index in [2.05, 4.69) is 16.4 Å². The molecule has 4 nitrogen and oxygen atoms in total. The number of nitrogens with one attached hydrogen (secondary N) is 1. The van der Waals surface area contributed by atoms with Crippen LogP contribution in [0.4, 0.5) is 0 Å². The summed E-state index contributed by atoms with van der Waals surface area (Å²) in [6.45, 7) is 2.73. The molecule has 0 aliphatic heterocycles. The monoisotopic (exact) mass is 272 g/mol. The van der Waals surface area contributed by atoms with Gasteiger partial charge in [0.2, 0.25) is 0 Å². The highest BCUT2D eigenvalue weighted by atomic mass is 16.5. The molecule has 0 saturated heterocycles. The topological polar surface area (TPSA) is 43.4 Å². The maximum Gasteiger partial charge on any atom is 0.128 e. The van der Waals surface area contributed by atoms with Gasteiger partial charge in [-0.25, -0.2) is 0 Å². The Bertz CT molecular complexity index is 587. The fourth-order valence-corrected chi connectivity index (χ4v) is 2.69. The molecular weight excluding hydrogens is 252 g/mol. The van der Waals surface area contributed by atoms with E-state index in [9.17, 15) is 0 Å². The van der Waals surface area contributed by atoms with Gasteiger partial charge in [0.25, 0.3) is 0 Å². The van der Waals surface area contributed by atoms with Crippen molar-refractivity contribution in [2.75, 3.05) is 13.7 Å². The summed E-state index contributed by atoms with van der Waals surface area (Å²) in [4.78, 5) is 4.36. The van der Waals surface area contributed by atoms with Crippen molar-refractivity contribution >= 4 is 10.9 Å². The van der Waals surface area contributed by atoms with E-state index in [0.29, 0.717) is 12.6 Å². The van der Waals surface area contributed by atoms with E-state index in [1.54, 1.807) is 6.20 Å². The lowest BCUT2D eigenvalue weighted by Crippen LogP contribution is -2.60. The third-order valence-corrected chi connectivity index (χ3v) is 3.84. The van der Waals surface area contributed by atoms with Gasteiger partial charge in [-0.15, -0.1) is 0 Å². The summed E-state index contributed by atoms with van der Waals surface area (Å²) < 4.78 is 11.8. The first-order valence-electron chi connectivity index (χ1n) is 7.12. The quantitative estimate of drug-likeness (QED) is 0.907. The summed E-state index contributed by atoms with van der Waals surface area (Å²) in [6.07, 6.45) is 3.02. The molecule has 0 amide bonds. The van der Waals surface area contributed by atoms with Crippen LogP contribution in [0.5, 0.6) is 5.75 Å². The molecule has 20 heavy (non-hydrogen) atoms. The summed E-state index contributed by atoms with van der Waals surface area (Å²) in [6, 6.07) is 10.4. The van der Waals surface area contributed by atoms with E-state index in [0.717, 1.165) is 23.1 Å². The zero-order chi connectivity index (χ0) is 13.9. The molecule has 1 fully saturated rings. The Morgan fingerprint density at radius 1 is 1.35 bits per heavy atom. The van der Waals surface area contributed by atoms with Crippen LogP contribution in [0.25, 0.3) is 10.9 Å². The van der Waals surface area contributed by atoms with Crippen LogP contribution < -0.4 is 10.1 Å². The molecule has 0 bridgehead atoms. The van der Waals surface area contributed by atoms with Gasteiger partial charge in [0.15, 0.2) is 0 Å². The molecule has 1 aromatic carbocycles. The van der Waals surface area contributed by atoms with Crippen LogP contribution >= 0.6 is 0 Å². The third-order valence-electron chi connectivity index (χ3n) is 3.84. The van der Waals surface area contributed by atoms with Crippen molar-refractivity contribution in [3.05, 3.63) is 36.5 Å². The standard InChI is InChI=1S/C16H20N2O2/c1-3-19-16-14(17-2)10-15(16)20-12-7-6-11-5-4-8-18-13(11)9-12/h4-9,14-17H,3,10H2,1-2H3. The van der Waals surface area contributed by atoms with Gasteiger partial charge in [-0.05, 0) is 32.2 Å². The van der Waals surface area contributed by atoms with Crippen LogP contribution in [0.1, 0.15) is 13.3 Å². The number of hydrogen-bond donors (Lipinski definition) is 1. The van der Waals surface area contributed by atoms with Crippen molar-refractivity contribution < 1.29 is 9.47 Å². The Labute approximate surface area is 119 Å². The van der Waals surface area contributed by atoms with E-state index in [1.807, 2.05) is 38.2 Å². The van der Waals surface area contributed by atoms with Crippen molar-refractivity contribution in [2.45, 2.75) is 31.6 Å². The zero-order valence-corrected chi connectivity index (χ0v) is 11.9. The van der Waals surface area contributed by atoms with Crippen molar-refractivity contribution in [2.24, 2.45) is 0 Å². The van der Waals surface area contributed by atoms with Crippen molar-refractivity contribution in [1.29, 1.82) is 0 Å². The summed E-state index contributed by atoms with van der Waals surface area (Å²) in [5, 5.41) is 4.39. The molecule has 106 valence electrons. The third kappa shape index (κ3) is 2.49. The number of hydrogen-bond acceptors (Lipinski definition) is 4. The normalized spacial score (nSPS) is 25.4. The Morgan fingerprint density at radius 2 is 2.25 bits per heavy atom. The Kier molecular flexibility index (Phi) is 3.85. The number of fused-ring (bicyclic) bond motifs is 1. The van der Waals surface area contributed by atoms with E-state index in [-0.39, 0.29) is 12.2 Å². The second-order valence-electron chi connectivity index (χ2n) is 5.07. The van der Waals surface area contributed by atoms with Gasteiger partial charge in [-0.3, -0.25) is 4.98 Å². The van der Waals surface area contributed by atoms with Crippen LogP contribution in [0.15, 0.2) is 36.5 Å². The lowest BCUT2D eigenvalue weighted by Gasteiger charge is -2.43. The molecule has 3 atom stereocenters. The van der Waals surface area contributed by atoms with Crippen LogP contribution in [0.3, 0.4) is 0 Å². The van der Waals surface area contributed by atoms with Crippen molar-refractivity contribution in [1.82, 2.24) is 10.3 Å². The minimum absolute atomic E-state index is 0.119.